The molecule has 0 aliphatic carbocycles. The van der Waals surface area contributed by atoms with Crippen molar-refractivity contribution < 1.29 is 14.4 Å². The monoisotopic (exact) mass is 304 g/mol. The van der Waals surface area contributed by atoms with Gasteiger partial charge in [0.25, 0.3) is 5.56 Å². The van der Waals surface area contributed by atoms with Gasteiger partial charge in [0, 0.05) is 10.8 Å². The van der Waals surface area contributed by atoms with Crippen molar-refractivity contribution in [3.63, 3.8) is 0 Å². The molecular formula is C13H8N2O5S. The lowest BCUT2D eigenvalue weighted by Gasteiger charge is -2.02. The number of fused-ring (bicyclic) bond motifs is 1. The molecule has 21 heavy (non-hydrogen) atoms. The van der Waals surface area contributed by atoms with E-state index in [1.807, 2.05) is 0 Å². The summed E-state index contributed by atoms with van der Waals surface area (Å²) in [6, 6.07) is 7.98. The summed E-state index contributed by atoms with van der Waals surface area (Å²) in [5.74, 6) is -1.10. The number of benzene rings is 1. The van der Waals surface area contributed by atoms with Gasteiger partial charge in [-0.3, -0.25) is 14.2 Å². The van der Waals surface area contributed by atoms with Crippen LogP contribution in [-0.2, 0) is 6.54 Å². The van der Waals surface area contributed by atoms with E-state index < -0.39 is 16.4 Å². The molecule has 0 fully saturated rings. The largest absolute Gasteiger partial charge is 0.476 e. The Labute approximate surface area is 120 Å². The number of rotatable bonds is 3. The fraction of sp³-hybridized carbons (Fsp3) is 0.0769. The van der Waals surface area contributed by atoms with E-state index in [1.54, 1.807) is 24.3 Å². The standard InChI is InChI=1S/C13H8N2O5S/c16-11-8-3-1-2-4-10(8)21-13(19)15(11)6-7-5-9(12(17)18)14-20-7/h1-5H,6H2,(H,17,18). The maximum Gasteiger partial charge on any atom is 0.358 e. The number of hydrogen-bond donors (Lipinski definition) is 1. The van der Waals surface area contributed by atoms with Gasteiger partial charge in [0.1, 0.15) is 0 Å². The zero-order valence-corrected chi connectivity index (χ0v) is 11.3. The lowest BCUT2D eigenvalue weighted by atomic mass is 10.3. The van der Waals surface area contributed by atoms with E-state index in [2.05, 4.69) is 5.16 Å². The van der Waals surface area contributed by atoms with Gasteiger partial charge in [-0.15, -0.1) is 0 Å². The molecule has 7 nitrogen and oxygen atoms in total. The van der Waals surface area contributed by atoms with Crippen LogP contribution in [0.15, 0.2) is 44.4 Å². The molecule has 0 aliphatic heterocycles. The predicted molar refractivity (Wildman–Crippen MR) is 74.9 cm³/mol. The fourth-order valence-corrected chi connectivity index (χ4v) is 2.75. The second kappa shape index (κ2) is 4.98. The Kier molecular flexibility index (Phi) is 3.15. The van der Waals surface area contributed by atoms with Crippen LogP contribution in [0.1, 0.15) is 16.2 Å². The predicted octanol–water partition coefficient (Wildman–Crippen LogP) is 1.16. The molecule has 0 saturated heterocycles. The maximum atomic E-state index is 12.3. The minimum atomic E-state index is -1.24. The van der Waals surface area contributed by atoms with Gasteiger partial charge in [0.2, 0.25) is 0 Å². The highest BCUT2D eigenvalue weighted by molar-refractivity contribution is 7.16. The Balaban J connectivity index is 2.10. The first-order valence-corrected chi connectivity index (χ1v) is 6.69. The molecule has 2 heterocycles. The zero-order chi connectivity index (χ0) is 15.0. The third-order valence-corrected chi connectivity index (χ3v) is 3.84. The van der Waals surface area contributed by atoms with Crippen LogP contribution < -0.4 is 10.4 Å². The van der Waals surface area contributed by atoms with Crippen LogP contribution in [0.5, 0.6) is 0 Å². The average Bonchev–Trinajstić information content (AvgIpc) is 2.92. The highest BCUT2D eigenvalue weighted by Crippen LogP contribution is 2.12. The maximum absolute atomic E-state index is 12.3. The molecule has 0 spiro atoms. The summed E-state index contributed by atoms with van der Waals surface area (Å²) in [5, 5.41) is 12.5. The van der Waals surface area contributed by atoms with E-state index >= 15 is 0 Å². The Hall–Kier alpha value is -2.74. The summed E-state index contributed by atoms with van der Waals surface area (Å²) in [4.78, 5) is 34.6. The molecule has 0 bridgehead atoms. The molecule has 0 amide bonds. The number of carbonyl (C=O) groups is 1. The van der Waals surface area contributed by atoms with E-state index in [0.29, 0.717) is 10.1 Å². The van der Waals surface area contributed by atoms with Crippen LogP contribution in [-0.4, -0.2) is 20.8 Å². The van der Waals surface area contributed by atoms with Crippen molar-refractivity contribution >= 4 is 27.4 Å². The van der Waals surface area contributed by atoms with Crippen molar-refractivity contribution in [1.29, 1.82) is 0 Å². The summed E-state index contributed by atoms with van der Waals surface area (Å²) in [7, 11) is 0. The van der Waals surface area contributed by atoms with E-state index in [-0.39, 0.29) is 18.0 Å². The van der Waals surface area contributed by atoms with Gasteiger partial charge in [-0.25, -0.2) is 4.79 Å². The van der Waals surface area contributed by atoms with Crippen molar-refractivity contribution in [3.05, 3.63) is 61.8 Å². The Morgan fingerprint density at radius 2 is 2.10 bits per heavy atom. The zero-order valence-electron chi connectivity index (χ0n) is 10.5. The summed E-state index contributed by atoms with van der Waals surface area (Å²) in [6.45, 7) is -0.153. The fourth-order valence-electron chi connectivity index (χ4n) is 1.89. The molecule has 3 rings (SSSR count). The van der Waals surface area contributed by atoms with Gasteiger partial charge in [-0.05, 0) is 12.1 Å². The number of aromatic carboxylic acids is 1. The summed E-state index contributed by atoms with van der Waals surface area (Å²) in [6.07, 6.45) is 0. The van der Waals surface area contributed by atoms with Gasteiger partial charge < -0.3 is 9.63 Å². The Bertz CT molecular complexity index is 953. The van der Waals surface area contributed by atoms with Gasteiger partial charge >= 0.3 is 10.8 Å². The number of hydrogen-bond acceptors (Lipinski definition) is 6. The molecule has 8 heteroatoms. The molecule has 0 unspecified atom stereocenters. The number of aromatic nitrogens is 2. The molecule has 1 aromatic carbocycles. The molecule has 0 atom stereocenters. The number of nitrogens with zero attached hydrogens (tertiary/aromatic N) is 2. The van der Waals surface area contributed by atoms with Gasteiger partial charge in [0.05, 0.1) is 11.9 Å². The molecule has 2 aromatic heterocycles. The SMILES string of the molecule is O=C(O)c1cc(Cn2c(=O)sc3ccccc3c2=O)on1. The third-order valence-electron chi connectivity index (χ3n) is 2.87. The molecule has 1 N–H and O–H groups in total. The molecule has 106 valence electrons. The van der Waals surface area contributed by atoms with Crippen molar-refractivity contribution in [1.82, 2.24) is 9.72 Å². The van der Waals surface area contributed by atoms with Crippen molar-refractivity contribution in [2.24, 2.45) is 0 Å². The van der Waals surface area contributed by atoms with Crippen LogP contribution >= 0.6 is 11.3 Å². The summed E-state index contributed by atoms with van der Waals surface area (Å²) >= 11 is 0.944. The van der Waals surface area contributed by atoms with Crippen LogP contribution in [0.3, 0.4) is 0 Å². The van der Waals surface area contributed by atoms with Gasteiger partial charge in [-0.1, -0.05) is 28.6 Å². The molecule has 3 aromatic rings. The minimum absolute atomic E-state index is 0.133. The smallest absolute Gasteiger partial charge is 0.358 e. The van der Waals surface area contributed by atoms with Crippen molar-refractivity contribution in [2.75, 3.05) is 0 Å². The normalized spacial score (nSPS) is 10.9. The van der Waals surface area contributed by atoms with Crippen LogP contribution in [0, 0.1) is 0 Å². The second-order valence-electron chi connectivity index (χ2n) is 4.24. The van der Waals surface area contributed by atoms with Crippen molar-refractivity contribution in [3.8, 4) is 0 Å². The highest BCUT2D eigenvalue weighted by Gasteiger charge is 2.14. The van der Waals surface area contributed by atoms with Crippen LogP contribution in [0.2, 0.25) is 0 Å². The first-order valence-electron chi connectivity index (χ1n) is 5.88. The third kappa shape index (κ3) is 2.36. The Morgan fingerprint density at radius 1 is 1.33 bits per heavy atom. The molecule has 0 saturated carbocycles. The van der Waals surface area contributed by atoms with E-state index in [4.69, 9.17) is 9.63 Å². The summed E-state index contributed by atoms with van der Waals surface area (Å²) in [5.41, 5.74) is -0.711. The summed E-state index contributed by atoms with van der Waals surface area (Å²) < 4.78 is 6.43. The van der Waals surface area contributed by atoms with Crippen LogP contribution in [0.25, 0.3) is 10.1 Å². The quantitative estimate of drug-likeness (QED) is 0.779. The highest BCUT2D eigenvalue weighted by atomic mass is 32.1. The topological polar surface area (TPSA) is 102 Å². The molecular weight excluding hydrogens is 296 g/mol. The van der Waals surface area contributed by atoms with Gasteiger partial charge in [0.15, 0.2) is 11.5 Å². The first kappa shape index (κ1) is 13.3. The Morgan fingerprint density at radius 3 is 2.81 bits per heavy atom. The van der Waals surface area contributed by atoms with Crippen LogP contribution in [0.4, 0.5) is 0 Å². The molecule has 0 aliphatic rings. The minimum Gasteiger partial charge on any atom is -0.476 e. The lowest BCUT2D eigenvalue weighted by molar-refractivity contribution is 0.0685. The van der Waals surface area contributed by atoms with E-state index in [0.717, 1.165) is 15.9 Å². The average molecular weight is 304 g/mol. The van der Waals surface area contributed by atoms with E-state index in [1.165, 1.54) is 6.07 Å². The molecule has 0 radical (unpaired) electrons. The van der Waals surface area contributed by atoms with Crippen molar-refractivity contribution in [2.45, 2.75) is 6.54 Å². The van der Waals surface area contributed by atoms with Gasteiger partial charge in [-0.2, -0.15) is 0 Å². The number of carboxylic acid groups (broad SMARTS) is 1. The first-order chi connectivity index (χ1) is 10.1. The van der Waals surface area contributed by atoms with E-state index in [9.17, 15) is 14.4 Å². The lowest BCUT2D eigenvalue weighted by Crippen LogP contribution is -2.31. The number of carboxylic acids is 1. The second-order valence-corrected chi connectivity index (χ2v) is 5.23.